The van der Waals surface area contributed by atoms with Gasteiger partial charge in [-0.25, -0.2) is 4.98 Å². The van der Waals surface area contributed by atoms with Crippen molar-refractivity contribution in [1.82, 2.24) is 10.3 Å². The number of nitrogens with zero attached hydrogens (tertiary/aromatic N) is 1. The molecule has 1 unspecified atom stereocenters. The van der Waals surface area contributed by atoms with Crippen LogP contribution in [0.25, 0.3) is 0 Å². The van der Waals surface area contributed by atoms with Gasteiger partial charge in [-0.2, -0.15) is 0 Å². The molecule has 0 fully saturated rings. The highest BCUT2D eigenvalue weighted by molar-refractivity contribution is 7.14. The van der Waals surface area contributed by atoms with Crippen molar-refractivity contribution in [3.05, 3.63) is 57.6 Å². The molecule has 0 aliphatic carbocycles. The van der Waals surface area contributed by atoms with Crippen molar-refractivity contribution in [2.75, 3.05) is 5.32 Å². The van der Waals surface area contributed by atoms with Crippen LogP contribution in [-0.4, -0.2) is 22.8 Å². The van der Waals surface area contributed by atoms with Gasteiger partial charge in [0.05, 0.1) is 18.4 Å². The predicted molar refractivity (Wildman–Crippen MR) is 98.1 cm³/mol. The topological polar surface area (TPSA) is 84.2 Å². The fourth-order valence-electron chi connectivity index (χ4n) is 2.28. The molecule has 0 radical (unpaired) electrons. The Kier molecular flexibility index (Phi) is 5.62. The summed E-state index contributed by atoms with van der Waals surface area (Å²) in [6.45, 7) is 1.98. The maximum atomic E-state index is 12.1. The molecular formula is C17H17N3O3S2. The molecule has 0 aliphatic heterocycles. The van der Waals surface area contributed by atoms with Crippen molar-refractivity contribution >= 4 is 39.6 Å². The number of rotatable bonds is 7. The minimum Gasteiger partial charge on any atom is -0.459 e. The van der Waals surface area contributed by atoms with Crippen LogP contribution in [-0.2, 0) is 17.6 Å². The second-order valence-electron chi connectivity index (χ2n) is 5.50. The average Bonchev–Trinajstić information content (AvgIpc) is 3.28. The first-order valence-corrected chi connectivity index (χ1v) is 9.47. The molecule has 3 aromatic rings. The molecule has 3 aromatic heterocycles. The van der Waals surface area contributed by atoms with Crippen LogP contribution in [0.5, 0.6) is 0 Å². The van der Waals surface area contributed by atoms with E-state index in [1.165, 1.54) is 22.5 Å². The average molecular weight is 375 g/mol. The molecule has 0 spiro atoms. The first-order valence-electron chi connectivity index (χ1n) is 7.71. The Hall–Kier alpha value is -2.45. The van der Waals surface area contributed by atoms with Crippen LogP contribution in [0, 0.1) is 0 Å². The normalized spacial score (nSPS) is 11.9. The molecule has 0 aromatic carbocycles. The molecule has 25 heavy (non-hydrogen) atoms. The van der Waals surface area contributed by atoms with Gasteiger partial charge in [0.1, 0.15) is 0 Å². The standard InChI is InChI=1S/C17H17N3O3S2/c1-11(8-13-4-3-7-24-13)18-15(21)9-12-10-25-17(19-12)20-16(22)14-5-2-6-23-14/h2-7,10-11H,8-9H2,1H3,(H,18,21)(H,19,20,22). The predicted octanol–water partition coefficient (Wildman–Crippen LogP) is 3.34. The van der Waals surface area contributed by atoms with E-state index in [-0.39, 0.29) is 30.0 Å². The molecule has 0 bridgehead atoms. The van der Waals surface area contributed by atoms with Crippen LogP contribution in [0.1, 0.15) is 28.0 Å². The fourth-order valence-corrected chi connectivity index (χ4v) is 3.82. The molecular weight excluding hydrogens is 358 g/mol. The van der Waals surface area contributed by atoms with Crippen LogP contribution in [0.2, 0.25) is 0 Å². The summed E-state index contributed by atoms with van der Waals surface area (Å²) in [5.74, 6) is -0.227. The Bertz CT molecular complexity index is 825. The highest BCUT2D eigenvalue weighted by Crippen LogP contribution is 2.17. The van der Waals surface area contributed by atoms with Crippen LogP contribution in [0.3, 0.4) is 0 Å². The SMILES string of the molecule is CC(Cc1cccs1)NC(=O)Cc1csc(NC(=O)c2ccco2)n1. The monoisotopic (exact) mass is 375 g/mol. The van der Waals surface area contributed by atoms with Gasteiger partial charge in [0, 0.05) is 22.7 Å². The lowest BCUT2D eigenvalue weighted by molar-refractivity contribution is -0.121. The van der Waals surface area contributed by atoms with E-state index in [2.05, 4.69) is 21.7 Å². The summed E-state index contributed by atoms with van der Waals surface area (Å²) in [5, 5.41) is 9.85. The molecule has 0 aliphatic rings. The summed E-state index contributed by atoms with van der Waals surface area (Å²) in [4.78, 5) is 29.5. The van der Waals surface area contributed by atoms with Crippen molar-refractivity contribution in [3.8, 4) is 0 Å². The maximum Gasteiger partial charge on any atom is 0.293 e. The number of thiophene rings is 1. The van der Waals surface area contributed by atoms with Crippen molar-refractivity contribution in [1.29, 1.82) is 0 Å². The lowest BCUT2D eigenvalue weighted by Crippen LogP contribution is -2.35. The Morgan fingerprint density at radius 1 is 1.28 bits per heavy atom. The minimum absolute atomic E-state index is 0.0583. The second-order valence-corrected chi connectivity index (χ2v) is 7.39. The van der Waals surface area contributed by atoms with Gasteiger partial charge in [-0.3, -0.25) is 14.9 Å². The molecule has 2 N–H and O–H groups in total. The minimum atomic E-state index is -0.361. The van der Waals surface area contributed by atoms with E-state index in [1.54, 1.807) is 28.8 Å². The zero-order valence-electron chi connectivity index (χ0n) is 13.5. The van der Waals surface area contributed by atoms with Crippen molar-refractivity contribution < 1.29 is 14.0 Å². The van der Waals surface area contributed by atoms with Gasteiger partial charge in [0.15, 0.2) is 10.9 Å². The second kappa shape index (κ2) is 8.09. The Labute approximate surface area is 152 Å². The first kappa shape index (κ1) is 17.4. The van der Waals surface area contributed by atoms with Crippen LogP contribution >= 0.6 is 22.7 Å². The van der Waals surface area contributed by atoms with Crippen LogP contribution < -0.4 is 10.6 Å². The molecule has 2 amide bonds. The van der Waals surface area contributed by atoms with Gasteiger partial charge in [-0.1, -0.05) is 6.07 Å². The molecule has 3 heterocycles. The van der Waals surface area contributed by atoms with Gasteiger partial charge in [0.25, 0.3) is 5.91 Å². The lowest BCUT2D eigenvalue weighted by Gasteiger charge is -2.12. The Morgan fingerprint density at radius 3 is 2.88 bits per heavy atom. The third-order valence-corrected chi connectivity index (χ3v) is 5.06. The van der Waals surface area contributed by atoms with E-state index in [0.717, 1.165) is 6.42 Å². The third-order valence-electron chi connectivity index (χ3n) is 3.35. The van der Waals surface area contributed by atoms with Gasteiger partial charge in [-0.15, -0.1) is 22.7 Å². The lowest BCUT2D eigenvalue weighted by atomic mass is 10.2. The first-order chi connectivity index (χ1) is 12.1. The highest BCUT2D eigenvalue weighted by atomic mass is 32.1. The number of anilines is 1. The van der Waals surface area contributed by atoms with E-state index in [9.17, 15) is 9.59 Å². The summed E-state index contributed by atoms with van der Waals surface area (Å²) >= 11 is 2.96. The number of furan rings is 1. The number of hydrogen-bond acceptors (Lipinski definition) is 6. The largest absolute Gasteiger partial charge is 0.459 e. The zero-order valence-corrected chi connectivity index (χ0v) is 15.2. The quantitative estimate of drug-likeness (QED) is 0.663. The van der Waals surface area contributed by atoms with Gasteiger partial charge >= 0.3 is 0 Å². The van der Waals surface area contributed by atoms with E-state index >= 15 is 0 Å². The number of amides is 2. The fraction of sp³-hybridized carbons (Fsp3) is 0.235. The number of nitrogens with one attached hydrogen (secondary N) is 2. The van der Waals surface area contributed by atoms with E-state index in [0.29, 0.717) is 10.8 Å². The van der Waals surface area contributed by atoms with Gasteiger partial charge in [0.2, 0.25) is 5.91 Å². The van der Waals surface area contributed by atoms with Crippen LogP contribution in [0.4, 0.5) is 5.13 Å². The Balaban J connectivity index is 1.49. The smallest absolute Gasteiger partial charge is 0.293 e. The molecule has 0 saturated carbocycles. The van der Waals surface area contributed by atoms with Gasteiger partial charge < -0.3 is 9.73 Å². The molecule has 3 rings (SSSR count). The van der Waals surface area contributed by atoms with Crippen molar-refractivity contribution in [2.45, 2.75) is 25.8 Å². The molecule has 8 heteroatoms. The van der Waals surface area contributed by atoms with Crippen molar-refractivity contribution in [3.63, 3.8) is 0 Å². The number of carbonyl (C=O) groups is 2. The molecule has 6 nitrogen and oxygen atoms in total. The van der Waals surface area contributed by atoms with Crippen molar-refractivity contribution in [2.24, 2.45) is 0 Å². The molecule has 0 saturated heterocycles. The maximum absolute atomic E-state index is 12.1. The highest BCUT2D eigenvalue weighted by Gasteiger charge is 2.14. The molecule has 130 valence electrons. The van der Waals surface area contributed by atoms with E-state index in [1.807, 2.05) is 18.4 Å². The summed E-state index contributed by atoms with van der Waals surface area (Å²) in [5.41, 5.74) is 0.626. The Morgan fingerprint density at radius 2 is 2.16 bits per heavy atom. The van der Waals surface area contributed by atoms with Crippen LogP contribution in [0.15, 0.2) is 45.7 Å². The summed E-state index contributed by atoms with van der Waals surface area (Å²) in [6.07, 6.45) is 2.43. The van der Waals surface area contributed by atoms with E-state index < -0.39 is 0 Å². The zero-order chi connectivity index (χ0) is 17.6. The van der Waals surface area contributed by atoms with E-state index in [4.69, 9.17) is 4.42 Å². The number of aromatic nitrogens is 1. The summed E-state index contributed by atoms with van der Waals surface area (Å²) in [7, 11) is 0. The summed E-state index contributed by atoms with van der Waals surface area (Å²) in [6, 6.07) is 7.34. The summed E-state index contributed by atoms with van der Waals surface area (Å²) < 4.78 is 5.03. The number of hydrogen-bond donors (Lipinski definition) is 2. The van der Waals surface area contributed by atoms with Gasteiger partial charge in [-0.05, 0) is 30.5 Å². The number of thiazole rings is 1. The number of carbonyl (C=O) groups excluding carboxylic acids is 2. The third kappa shape index (κ3) is 5.01. The molecule has 1 atom stereocenters.